The third-order valence-corrected chi connectivity index (χ3v) is 17.9. The zero-order chi connectivity index (χ0) is 47.7. The second-order valence-electron chi connectivity index (χ2n) is 21.3. The Labute approximate surface area is 390 Å². The van der Waals surface area contributed by atoms with Gasteiger partial charge in [-0.2, -0.15) is 0 Å². The minimum atomic E-state index is -1.58. The number of rotatable bonds is 13. The van der Waals surface area contributed by atoms with Crippen LogP contribution in [0, 0.1) is 22.7 Å². The van der Waals surface area contributed by atoms with Gasteiger partial charge in [-0.05, 0) is 85.0 Å². The van der Waals surface area contributed by atoms with Gasteiger partial charge in [0.1, 0.15) is 41.4 Å². The van der Waals surface area contributed by atoms with Crippen molar-refractivity contribution in [3.8, 4) is 0 Å². The molecule has 0 radical (unpaired) electrons. The van der Waals surface area contributed by atoms with E-state index in [-0.39, 0.29) is 49.0 Å². The van der Waals surface area contributed by atoms with E-state index in [0.29, 0.717) is 57.8 Å². The maximum atomic E-state index is 12.7. The fourth-order valence-electron chi connectivity index (χ4n) is 14.0. The summed E-state index contributed by atoms with van der Waals surface area (Å²) >= 11 is 0. The summed E-state index contributed by atoms with van der Waals surface area (Å²) in [6, 6.07) is 0. The van der Waals surface area contributed by atoms with Gasteiger partial charge in [0.25, 0.3) is 0 Å². The van der Waals surface area contributed by atoms with Crippen molar-refractivity contribution in [3.05, 3.63) is 11.6 Å². The van der Waals surface area contributed by atoms with Crippen LogP contribution in [0.15, 0.2) is 11.6 Å². The molecule has 0 aromatic carbocycles. The number of fused-ring (bicyclic) bond motifs is 5. The molecule has 3 saturated carbocycles. The van der Waals surface area contributed by atoms with Gasteiger partial charge in [-0.25, -0.2) is 0 Å². The van der Waals surface area contributed by atoms with Crippen molar-refractivity contribution in [1.82, 2.24) is 0 Å². The number of ketones is 1. The van der Waals surface area contributed by atoms with Crippen LogP contribution in [0.25, 0.3) is 0 Å². The number of methoxy groups -OCH3 is 4. The van der Waals surface area contributed by atoms with E-state index in [1.54, 1.807) is 42.3 Å². The molecule has 17 heteroatoms. The smallest absolute Gasteiger partial charge is 0.161 e. The topological polar surface area (TPSA) is 209 Å². The molecule has 8 aliphatic rings. The summed E-state index contributed by atoms with van der Waals surface area (Å²) in [7, 11) is 6.53. The van der Waals surface area contributed by atoms with E-state index in [0.717, 1.165) is 0 Å². The summed E-state index contributed by atoms with van der Waals surface area (Å²) in [4.78, 5) is 12.7. The van der Waals surface area contributed by atoms with Gasteiger partial charge in [-0.1, -0.05) is 25.5 Å². The Morgan fingerprint density at radius 3 is 1.56 bits per heavy atom. The SMILES string of the molecule is COC1CC(OC2C(C)OC(OC3C(C)OC(OC4C(C)OC(OC5CCC6(C)C(=CCC7(O)C6CC(O)C6(C)C(C(C)=O)CCC76O)C5)CC4OC)CC3OC)CC2OC)OC(C)C1O. The first-order valence-corrected chi connectivity index (χ1v) is 24.6. The highest BCUT2D eigenvalue weighted by atomic mass is 16.8. The van der Waals surface area contributed by atoms with E-state index >= 15 is 0 Å². The molecule has 0 bridgehead atoms. The largest absolute Gasteiger partial charge is 0.392 e. The van der Waals surface area contributed by atoms with Crippen LogP contribution in [0.3, 0.4) is 0 Å². The number of aliphatic hydroxyl groups is 4. The van der Waals surface area contributed by atoms with Gasteiger partial charge in [0.05, 0.1) is 61.0 Å². The fraction of sp³-hybridized carbons (Fsp3) is 0.939. The molecule has 0 spiro atoms. The van der Waals surface area contributed by atoms with Crippen molar-refractivity contribution in [2.24, 2.45) is 22.7 Å². The van der Waals surface area contributed by atoms with Crippen LogP contribution >= 0.6 is 0 Å². The molecule has 8 rings (SSSR count). The van der Waals surface area contributed by atoms with E-state index in [9.17, 15) is 25.2 Å². The summed E-state index contributed by atoms with van der Waals surface area (Å²) < 4.78 is 75.1. The summed E-state index contributed by atoms with van der Waals surface area (Å²) in [5.41, 5.74) is -3.43. The predicted molar refractivity (Wildman–Crippen MR) is 235 cm³/mol. The average molecular weight is 941 g/mol. The number of ether oxygens (including phenoxy) is 12. The summed E-state index contributed by atoms with van der Waals surface area (Å²) in [6.07, 6.45) is -1.60. The lowest BCUT2D eigenvalue weighted by atomic mass is 9.43. The molecule has 4 aliphatic carbocycles. The highest BCUT2D eigenvalue weighted by molar-refractivity contribution is 5.80. The first-order chi connectivity index (χ1) is 31.2. The Balaban J connectivity index is 0.843. The van der Waals surface area contributed by atoms with E-state index < -0.39 is 114 Å². The maximum Gasteiger partial charge on any atom is 0.161 e. The Morgan fingerprint density at radius 1 is 0.636 bits per heavy atom. The molecule has 24 atom stereocenters. The molecule has 17 nitrogen and oxygen atoms in total. The Hall–Kier alpha value is -1.23. The fourth-order valence-corrected chi connectivity index (χ4v) is 14.0. The molecular weight excluding hydrogens is 861 g/mol. The number of carbonyl (C=O) groups is 1. The van der Waals surface area contributed by atoms with Crippen LogP contribution in [0.4, 0.5) is 0 Å². The highest BCUT2D eigenvalue weighted by Crippen LogP contribution is 2.69. The molecule has 24 unspecified atom stereocenters. The van der Waals surface area contributed by atoms with Gasteiger partial charge in [0.2, 0.25) is 0 Å². The molecule has 7 fully saturated rings. The second-order valence-corrected chi connectivity index (χ2v) is 21.3. The first-order valence-electron chi connectivity index (χ1n) is 24.6. The molecule has 4 heterocycles. The molecule has 4 N–H and O–H groups in total. The number of aliphatic hydroxyl groups excluding tert-OH is 2. The van der Waals surface area contributed by atoms with Crippen molar-refractivity contribution < 1.29 is 82.1 Å². The number of carbonyl (C=O) groups excluding carboxylic acids is 1. The van der Waals surface area contributed by atoms with Gasteiger partial charge in [0.15, 0.2) is 25.2 Å². The van der Waals surface area contributed by atoms with Gasteiger partial charge in [-0.15, -0.1) is 0 Å². The van der Waals surface area contributed by atoms with Gasteiger partial charge < -0.3 is 77.3 Å². The minimum Gasteiger partial charge on any atom is -0.392 e. The van der Waals surface area contributed by atoms with Crippen LogP contribution in [0.5, 0.6) is 0 Å². The molecule has 4 aliphatic heterocycles. The van der Waals surface area contributed by atoms with Crippen LogP contribution in [-0.2, 0) is 61.6 Å². The molecule has 378 valence electrons. The molecule has 0 aromatic rings. The first kappa shape index (κ1) is 51.1. The molecular formula is C49H80O17. The van der Waals surface area contributed by atoms with Gasteiger partial charge >= 0.3 is 0 Å². The molecule has 66 heavy (non-hydrogen) atoms. The lowest BCUT2D eigenvalue weighted by Gasteiger charge is -2.66. The average Bonchev–Trinajstić information content (AvgIpc) is 3.58. The second kappa shape index (κ2) is 19.8. The zero-order valence-electron chi connectivity index (χ0n) is 41.0. The van der Waals surface area contributed by atoms with Crippen molar-refractivity contribution in [1.29, 1.82) is 0 Å². The maximum absolute atomic E-state index is 12.7. The minimum absolute atomic E-state index is 0.0514. The Bertz CT molecular complexity index is 1720. The van der Waals surface area contributed by atoms with E-state index in [2.05, 4.69) is 13.0 Å². The van der Waals surface area contributed by atoms with Gasteiger partial charge in [0, 0.05) is 71.4 Å². The normalized spacial score (nSPS) is 53.0. The standard InChI is InChI=1S/C49H80O17/c1-24(50)31-14-17-49(54)47(31,7)37(51)23-36-46(6)15-13-30(18-29(46)12-16-48(36,49)53)63-38-20-33(56-9)43(26(3)60-38)65-40-22-35(58-11)45(28(5)62-40)66-41-21-34(57-10)44(27(4)61-41)64-39-19-32(55-8)42(52)25(2)59-39/h12,25-28,30-45,51-54H,13-23H2,1-11H3. The quantitative estimate of drug-likeness (QED) is 0.193. The van der Waals surface area contributed by atoms with Crippen molar-refractivity contribution >= 4 is 5.78 Å². The van der Waals surface area contributed by atoms with Crippen LogP contribution in [-0.4, -0.2) is 176 Å². The van der Waals surface area contributed by atoms with Crippen molar-refractivity contribution in [3.63, 3.8) is 0 Å². The van der Waals surface area contributed by atoms with Crippen molar-refractivity contribution in [2.75, 3.05) is 28.4 Å². The summed E-state index contributed by atoms with van der Waals surface area (Å²) in [5, 5.41) is 47.1. The third-order valence-electron chi connectivity index (χ3n) is 17.9. The third kappa shape index (κ3) is 8.82. The van der Waals surface area contributed by atoms with Gasteiger partial charge in [-0.3, -0.25) is 4.79 Å². The van der Waals surface area contributed by atoms with Crippen molar-refractivity contribution in [2.45, 2.75) is 241 Å². The number of hydrogen-bond acceptors (Lipinski definition) is 17. The summed E-state index contributed by atoms with van der Waals surface area (Å²) in [5.74, 6) is -0.921. The Kier molecular flexibility index (Phi) is 15.3. The Morgan fingerprint density at radius 2 is 1.09 bits per heavy atom. The number of Topliss-reactive ketones (excluding diaryl/α,β-unsaturated/α-hetero) is 1. The zero-order valence-corrected chi connectivity index (χ0v) is 41.0. The molecule has 4 saturated heterocycles. The molecule has 0 aromatic heterocycles. The van der Waals surface area contributed by atoms with Crippen LogP contribution in [0.2, 0.25) is 0 Å². The van der Waals surface area contributed by atoms with E-state index in [4.69, 9.17) is 56.8 Å². The van der Waals surface area contributed by atoms with Crippen LogP contribution < -0.4 is 0 Å². The van der Waals surface area contributed by atoms with Crippen LogP contribution in [0.1, 0.15) is 119 Å². The molecule has 0 amide bonds. The lowest BCUT2D eigenvalue weighted by molar-refractivity contribution is -0.347. The van der Waals surface area contributed by atoms with E-state index in [1.165, 1.54) is 12.5 Å². The summed E-state index contributed by atoms with van der Waals surface area (Å²) in [6.45, 7) is 13.1. The monoisotopic (exact) mass is 941 g/mol. The predicted octanol–water partition coefficient (Wildman–Crippen LogP) is 3.86. The van der Waals surface area contributed by atoms with E-state index in [1.807, 2.05) is 20.8 Å². The highest BCUT2D eigenvalue weighted by Gasteiger charge is 2.76. The lowest BCUT2D eigenvalue weighted by Crippen LogP contribution is -2.75. The number of hydrogen-bond donors (Lipinski definition) is 4.